The van der Waals surface area contributed by atoms with Gasteiger partial charge in [0, 0.05) is 6.08 Å². The Balaban J connectivity index is 2.87. The summed E-state index contributed by atoms with van der Waals surface area (Å²) in [5, 5.41) is 0.0506. The molecule has 0 radical (unpaired) electrons. The van der Waals surface area contributed by atoms with Gasteiger partial charge < -0.3 is 9.16 Å². The first-order chi connectivity index (χ1) is 10.5. The molecule has 0 amide bonds. The Labute approximate surface area is 141 Å². The van der Waals surface area contributed by atoms with Crippen molar-refractivity contribution in [2.75, 3.05) is 0 Å². The molecule has 0 bridgehead atoms. The van der Waals surface area contributed by atoms with E-state index in [0.717, 1.165) is 32.1 Å². The first-order valence-corrected chi connectivity index (χ1v) is 11.5. The quantitative estimate of drug-likeness (QED) is 0.552. The number of hydrogen-bond donors (Lipinski definition) is 0. The summed E-state index contributed by atoms with van der Waals surface area (Å²) in [5.41, 5.74) is 0. The van der Waals surface area contributed by atoms with Crippen LogP contribution in [0.15, 0.2) is 12.2 Å². The predicted molar refractivity (Wildman–Crippen MR) is 94.9 cm³/mol. The summed E-state index contributed by atoms with van der Waals surface area (Å²) < 4.78 is 11.6. The number of cyclic esters (lactones) is 1. The fourth-order valence-electron chi connectivity index (χ4n) is 2.28. The Hall–Kier alpha value is -0.943. The summed E-state index contributed by atoms with van der Waals surface area (Å²) in [4.78, 5) is 24.2. The molecule has 0 saturated heterocycles. The molecule has 1 aliphatic rings. The molecule has 0 unspecified atom stereocenters. The van der Waals surface area contributed by atoms with E-state index < -0.39 is 20.4 Å². The third-order valence-corrected chi connectivity index (χ3v) is 9.32. The number of esters is 1. The highest BCUT2D eigenvalue weighted by Gasteiger charge is 2.40. The van der Waals surface area contributed by atoms with Crippen LogP contribution in [0.3, 0.4) is 0 Å². The van der Waals surface area contributed by atoms with Crippen molar-refractivity contribution in [3.8, 4) is 0 Å². The van der Waals surface area contributed by atoms with Crippen LogP contribution in [-0.2, 0) is 18.8 Å². The van der Waals surface area contributed by atoms with Gasteiger partial charge in [-0.15, -0.1) is 0 Å². The van der Waals surface area contributed by atoms with Gasteiger partial charge in [0.15, 0.2) is 14.1 Å². The summed E-state index contributed by atoms with van der Waals surface area (Å²) in [7, 11) is -2.02. The van der Waals surface area contributed by atoms with E-state index in [1.165, 1.54) is 12.2 Å². The molecular formula is C18H32O4Si. The van der Waals surface area contributed by atoms with Gasteiger partial charge >= 0.3 is 5.97 Å². The van der Waals surface area contributed by atoms with E-state index in [2.05, 4.69) is 33.9 Å². The average molecular weight is 341 g/mol. The Kier molecular flexibility index (Phi) is 7.20. The molecule has 0 spiro atoms. The lowest BCUT2D eigenvalue weighted by Crippen LogP contribution is -2.45. The van der Waals surface area contributed by atoms with Crippen molar-refractivity contribution in [2.24, 2.45) is 0 Å². The smallest absolute Gasteiger partial charge is 0.331 e. The van der Waals surface area contributed by atoms with Crippen molar-refractivity contribution in [1.82, 2.24) is 0 Å². The molecule has 2 atom stereocenters. The van der Waals surface area contributed by atoms with Crippen LogP contribution in [0.5, 0.6) is 0 Å². The van der Waals surface area contributed by atoms with E-state index in [1.54, 1.807) is 0 Å². The Morgan fingerprint density at radius 3 is 2.30 bits per heavy atom. The Morgan fingerprint density at radius 2 is 1.70 bits per heavy atom. The number of hydrogen-bond acceptors (Lipinski definition) is 4. The molecule has 23 heavy (non-hydrogen) atoms. The second kappa shape index (κ2) is 8.24. The highest BCUT2D eigenvalue weighted by Crippen LogP contribution is 2.38. The van der Waals surface area contributed by atoms with Gasteiger partial charge in [-0.25, -0.2) is 4.79 Å². The number of rotatable bonds is 2. The minimum Gasteiger partial charge on any atom is -0.460 e. The minimum absolute atomic E-state index is 0.0506. The lowest BCUT2D eigenvalue weighted by Gasteiger charge is -2.38. The van der Waals surface area contributed by atoms with E-state index in [1.807, 2.05) is 6.92 Å². The molecule has 1 heterocycles. The maximum absolute atomic E-state index is 12.5. The zero-order valence-corrected chi connectivity index (χ0v) is 16.5. The van der Waals surface area contributed by atoms with Crippen molar-refractivity contribution in [3.63, 3.8) is 0 Å². The SMILES string of the molecule is C[C@@H]1CCCCC[C@@H](O[Si](C)(C)C(C)(C)C)C(=O)/C=C\C(=O)O1. The second-order valence-electron chi connectivity index (χ2n) is 7.99. The van der Waals surface area contributed by atoms with E-state index >= 15 is 0 Å². The maximum Gasteiger partial charge on any atom is 0.331 e. The molecule has 1 rings (SSSR count). The van der Waals surface area contributed by atoms with Crippen molar-refractivity contribution < 1.29 is 18.8 Å². The van der Waals surface area contributed by atoms with Gasteiger partial charge in [0.25, 0.3) is 0 Å². The van der Waals surface area contributed by atoms with Crippen LogP contribution in [0.4, 0.5) is 0 Å². The summed E-state index contributed by atoms with van der Waals surface area (Å²) >= 11 is 0. The Morgan fingerprint density at radius 1 is 1.09 bits per heavy atom. The average Bonchev–Trinajstić information content (AvgIpc) is 2.40. The van der Waals surface area contributed by atoms with Crippen LogP contribution in [-0.4, -0.2) is 32.3 Å². The lowest BCUT2D eigenvalue weighted by molar-refractivity contribution is -0.142. The number of ketones is 1. The molecule has 132 valence electrons. The normalized spacial score (nSPS) is 26.9. The van der Waals surface area contributed by atoms with Crippen LogP contribution in [0, 0.1) is 0 Å². The summed E-state index contributed by atoms with van der Waals surface area (Å²) in [5.74, 6) is -0.572. The van der Waals surface area contributed by atoms with Crippen LogP contribution >= 0.6 is 0 Å². The molecule has 0 aromatic heterocycles. The van der Waals surface area contributed by atoms with Gasteiger partial charge in [0.05, 0.1) is 6.10 Å². The van der Waals surface area contributed by atoms with Gasteiger partial charge in [-0.05, 0) is 50.4 Å². The third kappa shape index (κ3) is 6.59. The molecule has 5 heteroatoms. The van der Waals surface area contributed by atoms with E-state index in [-0.39, 0.29) is 16.9 Å². The number of carbonyl (C=O) groups is 2. The molecular weight excluding hydrogens is 308 g/mol. The largest absolute Gasteiger partial charge is 0.460 e. The van der Waals surface area contributed by atoms with E-state index in [9.17, 15) is 9.59 Å². The Bertz CT molecular complexity index is 448. The zero-order valence-electron chi connectivity index (χ0n) is 15.5. The van der Waals surface area contributed by atoms with Crippen molar-refractivity contribution in [1.29, 1.82) is 0 Å². The molecule has 1 aliphatic heterocycles. The second-order valence-corrected chi connectivity index (χ2v) is 12.7. The standard InChI is InChI=1S/C18H32O4Si/c1-14-10-8-7-9-11-16(15(19)12-13-17(20)21-14)22-23(5,6)18(2,3)4/h12-14,16H,7-11H2,1-6H3/b13-12-/t14-,16-/m1/s1. The van der Waals surface area contributed by atoms with Gasteiger partial charge in [0.2, 0.25) is 0 Å². The summed E-state index contributed by atoms with van der Waals surface area (Å²) in [6, 6.07) is 0. The molecule has 0 aromatic carbocycles. The monoisotopic (exact) mass is 340 g/mol. The topological polar surface area (TPSA) is 52.6 Å². The zero-order chi connectivity index (χ0) is 17.7. The number of ether oxygens (including phenoxy) is 1. The molecule has 4 nitrogen and oxygen atoms in total. The van der Waals surface area contributed by atoms with Crippen LogP contribution in [0.2, 0.25) is 18.1 Å². The van der Waals surface area contributed by atoms with Gasteiger partial charge in [-0.2, -0.15) is 0 Å². The molecule has 0 saturated carbocycles. The highest BCUT2D eigenvalue weighted by atomic mass is 28.4. The van der Waals surface area contributed by atoms with Gasteiger partial charge in [-0.1, -0.05) is 33.6 Å². The van der Waals surface area contributed by atoms with E-state index in [4.69, 9.17) is 9.16 Å². The fraction of sp³-hybridized carbons (Fsp3) is 0.778. The molecule has 0 aromatic rings. The van der Waals surface area contributed by atoms with E-state index in [0.29, 0.717) is 0 Å². The van der Waals surface area contributed by atoms with Crippen molar-refractivity contribution in [3.05, 3.63) is 12.2 Å². The third-order valence-electron chi connectivity index (χ3n) is 4.84. The highest BCUT2D eigenvalue weighted by molar-refractivity contribution is 6.74. The summed E-state index contributed by atoms with van der Waals surface area (Å²) in [6.07, 6.45) is 6.59. The van der Waals surface area contributed by atoms with Crippen LogP contribution in [0.25, 0.3) is 0 Å². The molecule has 0 fully saturated rings. The van der Waals surface area contributed by atoms with Crippen molar-refractivity contribution >= 4 is 20.1 Å². The van der Waals surface area contributed by atoms with Crippen LogP contribution in [0.1, 0.15) is 59.8 Å². The first kappa shape index (κ1) is 20.1. The maximum atomic E-state index is 12.5. The summed E-state index contributed by atoms with van der Waals surface area (Å²) in [6.45, 7) is 12.7. The van der Waals surface area contributed by atoms with Gasteiger partial charge in [0.1, 0.15) is 6.10 Å². The predicted octanol–water partition coefficient (Wildman–Crippen LogP) is 4.40. The minimum atomic E-state index is -2.02. The first-order valence-electron chi connectivity index (χ1n) is 8.63. The lowest BCUT2D eigenvalue weighted by atomic mass is 10.0. The molecule has 0 N–H and O–H groups in total. The molecule has 0 aliphatic carbocycles. The number of carbonyl (C=O) groups excluding carboxylic acids is 2. The fourth-order valence-corrected chi connectivity index (χ4v) is 3.58. The van der Waals surface area contributed by atoms with Crippen LogP contribution < -0.4 is 0 Å². The van der Waals surface area contributed by atoms with Crippen molar-refractivity contribution in [2.45, 2.75) is 90.1 Å². The van der Waals surface area contributed by atoms with Gasteiger partial charge in [-0.3, -0.25) is 4.79 Å².